The molecule has 0 saturated carbocycles. The van der Waals surface area contributed by atoms with E-state index in [1.165, 1.54) is 5.56 Å². The fourth-order valence-corrected chi connectivity index (χ4v) is 3.00. The van der Waals surface area contributed by atoms with Gasteiger partial charge in [-0.15, -0.1) is 0 Å². The molecule has 0 unspecified atom stereocenters. The Kier molecular flexibility index (Phi) is 5.80. The van der Waals surface area contributed by atoms with Gasteiger partial charge in [-0.25, -0.2) is 0 Å². The molecule has 116 valence electrons. The van der Waals surface area contributed by atoms with E-state index in [0.29, 0.717) is 5.92 Å². The predicted octanol–water partition coefficient (Wildman–Crippen LogP) is 3.23. The summed E-state index contributed by atoms with van der Waals surface area (Å²) in [7, 11) is 2.12. The van der Waals surface area contributed by atoms with Gasteiger partial charge in [-0.2, -0.15) is 0 Å². The normalized spacial score (nSPS) is 18.7. The number of likely N-dealkylation sites (tertiary alicyclic amines) is 1. The highest BCUT2D eigenvalue weighted by atomic mass is 16.1. The maximum Gasteiger partial charge on any atom is 0.223 e. The molecule has 2 rings (SSSR count). The third-order valence-electron chi connectivity index (χ3n) is 4.31. The van der Waals surface area contributed by atoms with E-state index in [2.05, 4.69) is 43.2 Å². The van der Waals surface area contributed by atoms with Crippen molar-refractivity contribution in [1.82, 2.24) is 10.2 Å². The maximum absolute atomic E-state index is 12.5. The van der Waals surface area contributed by atoms with E-state index in [0.717, 1.165) is 32.4 Å². The molecule has 1 N–H and O–H groups in total. The van der Waals surface area contributed by atoms with Crippen molar-refractivity contribution in [2.45, 2.75) is 39.2 Å². The molecule has 0 spiro atoms. The number of nitrogens with one attached hydrogen (secondary N) is 1. The van der Waals surface area contributed by atoms with Crippen LogP contribution in [0.25, 0.3) is 0 Å². The molecule has 1 aliphatic rings. The third kappa shape index (κ3) is 4.85. The number of rotatable bonds is 5. The average molecular weight is 288 g/mol. The molecular formula is C18H28N2O. The van der Waals surface area contributed by atoms with Crippen LogP contribution in [0.3, 0.4) is 0 Å². The highest BCUT2D eigenvalue weighted by molar-refractivity contribution is 5.79. The first-order valence-electron chi connectivity index (χ1n) is 8.10. The fourth-order valence-electron chi connectivity index (χ4n) is 3.00. The number of carbonyl (C=O) groups excluding carboxylic acids is 1. The molecule has 1 amide bonds. The number of hydrogen-bond donors (Lipinski definition) is 1. The van der Waals surface area contributed by atoms with Gasteiger partial charge >= 0.3 is 0 Å². The second-order valence-electron chi connectivity index (χ2n) is 6.68. The van der Waals surface area contributed by atoms with Crippen molar-refractivity contribution in [1.29, 1.82) is 0 Å². The number of hydrogen-bond acceptors (Lipinski definition) is 2. The number of amides is 1. The van der Waals surface area contributed by atoms with Crippen LogP contribution in [0.15, 0.2) is 30.3 Å². The highest BCUT2D eigenvalue weighted by Crippen LogP contribution is 2.23. The quantitative estimate of drug-likeness (QED) is 0.902. The van der Waals surface area contributed by atoms with Crippen LogP contribution in [-0.2, 0) is 4.79 Å². The first-order valence-corrected chi connectivity index (χ1v) is 8.10. The van der Waals surface area contributed by atoms with Crippen LogP contribution in [0, 0.1) is 11.8 Å². The molecule has 1 heterocycles. The summed E-state index contributed by atoms with van der Waals surface area (Å²) in [6.07, 6.45) is 2.94. The van der Waals surface area contributed by atoms with Gasteiger partial charge in [-0.05, 0) is 50.9 Å². The standard InChI is InChI=1S/C18H28N2O/c1-14(2)13-17(15-7-5-4-6-8-15)19-18(21)16-9-11-20(3)12-10-16/h4-8,14,16-17H,9-13H2,1-3H3,(H,19,21)/t17-/m1/s1. The highest BCUT2D eigenvalue weighted by Gasteiger charge is 2.25. The van der Waals surface area contributed by atoms with E-state index in [-0.39, 0.29) is 17.9 Å². The van der Waals surface area contributed by atoms with Crippen LogP contribution in [0.1, 0.15) is 44.7 Å². The van der Waals surface area contributed by atoms with Crippen molar-refractivity contribution in [3.05, 3.63) is 35.9 Å². The van der Waals surface area contributed by atoms with Crippen molar-refractivity contribution in [2.75, 3.05) is 20.1 Å². The third-order valence-corrected chi connectivity index (χ3v) is 4.31. The van der Waals surface area contributed by atoms with E-state index in [1.807, 2.05) is 18.2 Å². The van der Waals surface area contributed by atoms with Crippen LogP contribution in [0.4, 0.5) is 0 Å². The molecule has 1 aromatic rings. The Hall–Kier alpha value is -1.35. The molecule has 1 aliphatic heterocycles. The lowest BCUT2D eigenvalue weighted by atomic mass is 9.93. The summed E-state index contributed by atoms with van der Waals surface area (Å²) >= 11 is 0. The second-order valence-corrected chi connectivity index (χ2v) is 6.68. The van der Waals surface area contributed by atoms with Crippen LogP contribution in [0.5, 0.6) is 0 Å². The van der Waals surface area contributed by atoms with Crippen molar-refractivity contribution >= 4 is 5.91 Å². The van der Waals surface area contributed by atoms with E-state index < -0.39 is 0 Å². The van der Waals surface area contributed by atoms with Crippen molar-refractivity contribution in [3.63, 3.8) is 0 Å². The molecule has 1 fully saturated rings. The smallest absolute Gasteiger partial charge is 0.223 e. The van der Waals surface area contributed by atoms with Crippen LogP contribution in [0.2, 0.25) is 0 Å². The summed E-state index contributed by atoms with van der Waals surface area (Å²) in [5.41, 5.74) is 1.22. The number of benzene rings is 1. The second kappa shape index (κ2) is 7.60. The molecule has 0 aromatic heterocycles. The number of piperidine rings is 1. The van der Waals surface area contributed by atoms with Crippen molar-refractivity contribution in [3.8, 4) is 0 Å². The van der Waals surface area contributed by atoms with Gasteiger partial charge in [0.1, 0.15) is 0 Å². The van der Waals surface area contributed by atoms with Gasteiger partial charge in [-0.3, -0.25) is 4.79 Å². The molecule has 3 heteroatoms. The summed E-state index contributed by atoms with van der Waals surface area (Å²) in [6.45, 7) is 6.46. The lowest BCUT2D eigenvalue weighted by Gasteiger charge is -2.30. The minimum Gasteiger partial charge on any atom is -0.349 e. The van der Waals surface area contributed by atoms with Crippen molar-refractivity contribution in [2.24, 2.45) is 11.8 Å². The Morgan fingerprint density at radius 1 is 1.24 bits per heavy atom. The molecule has 1 atom stereocenters. The fraction of sp³-hybridized carbons (Fsp3) is 0.611. The summed E-state index contributed by atoms with van der Waals surface area (Å²) < 4.78 is 0. The van der Waals surface area contributed by atoms with Gasteiger partial charge in [0, 0.05) is 5.92 Å². The van der Waals surface area contributed by atoms with Crippen LogP contribution >= 0.6 is 0 Å². The van der Waals surface area contributed by atoms with E-state index in [1.54, 1.807) is 0 Å². The van der Waals surface area contributed by atoms with Crippen molar-refractivity contribution < 1.29 is 4.79 Å². The minimum atomic E-state index is 0.137. The zero-order valence-electron chi connectivity index (χ0n) is 13.5. The lowest BCUT2D eigenvalue weighted by molar-refractivity contribution is -0.127. The summed E-state index contributed by atoms with van der Waals surface area (Å²) in [5, 5.41) is 3.29. The minimum absolute atomic E-state index is 0.137. The topological polar surface area (TPSA) is 32.3 Å². The predicted molar refractivity (Wildman–Crippen MR) is 87.0 cm³/mol. The first kappa shape index (κ1) is 16.0. The molecule has 0 bridgehead atoms. The van der Waals surface area contributed by atoms with Gasteiger partial charge in [0.05, 0.1) is 6.04 Å². The summed E-state index contributed by atoms with van der Waals surface area (Å²) in [5.74, 6) is 0.977. The van der Waals surface area contributed by atoms with Gasteiger partial charge in [0.15, 0.2) is 0 Å². The Balaban J connectivity index is 1.99. The molecule has 0 radical (unpaired) electrons. The van der Waals surface area contributed by atoms with E-state index in [4.69, 9.17) is 0 Å². The molecule has 21 heavy (non-hydrogen) atoms. The zero-order chi connectivity index (χ0) is 15.2. The number of carbonyl (C=O) groups is 1. The number of nitrogens with zero attached hydrogens (tertiary/aromatic N) is 1. The Morgan fingerprint density at radius 2 is 1.86 bits per heavy atom. The first-order chi connectivity index (χ1) is 10.1. The molecule has 1 saturated heterocycles. The SMILES string of the molecule is CC(C)C[C@@H](NC(=O)C1CCN(C)CC1)c1ccccc1. The monoisotopic (exact) mass is 288 g/mol. The lowest BCUT2D eigenvalue weighted by Crippen LogP contribution is -2.40. The van der Waals surface area contributed by atoms with Gasteiger partial charge in [0.25, 0.3) is 0 Å². The Bertz CT molecular complexity index is 436. The molecule has 0 aliphatic carbocycles. The Morgan fingerprint density at radius 3 is 2.43 bits per heavy atom. The van der Waals surface area contributed by atoms with Crippen LogP contribution < -0.4 is 5.32 Å². The Labute approximate surface area is 128 Å². The van der Waals surface area contributed by atoms with E-state index >= 15 is 0 Å². The molecular weight excluding hydrogens is 260 g/mol. The largest absolute Gasteiger partial charge is 0.349 e. The summed E-state index contributed by atoms with van der Waals surface area (Å²) in [4.78, 5) is 14.8. The summed E-state index contributed by atoms with van der Waals surface area (Å²) in [6, 6.07) is 10.5. The van der Waals surface area contributed by atoms with Crippen LogP contribution in [-0.4, -0.2) is 30.9 Å². The van der Waals surface area contributed by atoms with Gasteiger partial charge < -0.3 is 10.2 Å². The van der Waals surface area contributed by atoms with Gasteiger partial charge in [-0.1, -0.05) is 44.2 Å². The maximum atomic E-state index is 12.5. The molecule has 3 nitrogen and oxygen atoms in total. The van der Waals surface area contributed by atoms with Gasteiger partial charge in [0.2, 0.25) is 5.91 Å². The average Bonchev–Trinajstić information content (AvgIpc) is 2.47. The molecule has 1 aromatic carbocycles. The zero-order valence-corrected chi connectivity index (χ0v) is 13.5. The van der Waals surface area contributed by atoms with E-state index in [9.17, 15) is 4.79 Å².